The first-order chi connectivity index (χ1) is 0. The Hall–Kier alpha value is 2.34. The minimum atomic E-state index is 0. The van der Waals surface area contributed by atoms with Crippen molar-refractivity contribution in [1.29, 1.82) is 0 Å². The summed E-state index contributed by atoms with van der Waals surface area (Å²) in [6, 6.07) is 0. The monoisotopic (exact) mass is 374 g/mol. The van der Waals surface area contributed by atoms with Crippen LogP contribution >= 0.6 is 0 Å². The van der Waals surface area contributed by atoms with Crippen LogP contribution in [0, 0.1) is 0 Å². The van der Waals surface area contributed by atoms with Crippen molar-refractivity contribution in [3.63, 3.8) is 0 Å². The Labute approximate surface area is 76.2 Å². The van der Waals surface area contributed by atoms with Gasteiger partial charge in [-0.2, -0.15) is 0 Å². The van der Waals surface area contributed by atoms with Crippen LogP contribution in [0.25, 0.3) is 0 Å². The molecule has 0 amide bonds. The normalized spacial score (nSPS) is 0. The molecule has 0 saturated heterocycles. The fourth-order valence-electron chi connectivity index (χ4n) is 0. The Morgan fingerprint density at radius 3 is 0.750 bits per heavy atom. The second-order valence-electron chi connectivity index (χ2n) is 0. The SMILES string of the molecule is [Cl-].[I-].[Pd+2].[Pd+2]. The van der Waals surface area contributed by atoms with Gasteiger partial charge in [-0.25, -0.2) is 0 Å². The molecular weight excluding hydrogens is 375 g/mol. The maximum atomic E-state index is 0. The predicted octanol–water partition coefficient (Wildman–Crippen LogP) is -6.00. The van der Waals surface area contributed by atoms with Crippen LogP contribution in [0.2, 0.25) is 0 Å². The molecule has 0 bridgehead atoms. The van der Waals surface area contributed by atoms with Crippen molar-refractivity contribution in [3.8, 4) is 0 Å². The second kappa shape index (κ2) is 18.4. The Kier molecular flexibility index (Phi) is 151. The van der Waals surface area contributed by atoms with E-state index in [1.165, 1.54) is 0 Å². The summed E-state index contributed by atoms with van der Waals surface area (Å²) in [5, 5.41) is 0. The third-order valence-electron chi connectivity index (χ3n) is 0. The van der Waals surface area contributed by atoms with Gasteiger partial charge in [0.1, 0.15) is 0 Å². The number of halogens is 2. The van der Waals surface area contributed by atoms with Gasteiger partial charge in [0.2, 0.25) is 0 Å². The van der Waals surface area contributed by atoms with Gasteiger partial charge >= 0.3 is 40.8 Å². The summed E-state index contributed by atoms with van der Waals surface area (Å²) >= 11 is 0. The van der Waals surface area contributed by atoms with Crippen molar-refractivity contribution in [1.82, 2.24) is 0 Å². The van der Waals surface area contributed by atoms with Crippen LogP contribution in [0.1, 0.15) is 0 Å². The first-order valence-electron chi connectivity index (χ1n) is 0. The van der Waals surface area contributed by atoms with E-state index in [0.29, 0.717) is 0 Å². The van der Waals surface area contributed by atoms with E-state index in [2.05, 4.69) is 0 Å². The summed E-state index contributed by atoms with van der Waals surface area (Å²) in [6.45, 7) is 0. The van der Waals surface area contributed by atoms with Gasteiger partial charge in [-0.15, -0.1) is 0 Å². The molecule has 0 radical (unpaired) electrons. The van der Waals surface area contributed by atoms with Gasteiger partial charge in [0.15, 0.2) is 0 Å². The van der Waals surface area contributed by atoms with Gasteiger partial charge in [0.25, 0.3) is 0 Å². The summed E-state index contributed by atoms with van der Waals surface area (Å²) < 4.78 is 0. The largest absolute Gasteiger partial charge is 2.00 e. The molecule has 4 heteroatoms. The van der Waals surface area contributed by atoms with E-state index < -0.39 is 0 Å². The van der Waals surface area contributed by atoms with E-state index in [9.17, 15) is 0 Å². The topological polar surface area (TPSA) is 0 Å². The van der Waals surface area contributed by atoms with E-state index in [-0.39, 0.29) is 77.2 Å². The minimum Gasteiger partial charge on any atom is -1.00 e. The average Bonchev–Trinajstić information content (AvgIpc) is 0. The van der Waals surface area contributed by atoms with Crippen LogP contribution in [0.3, 0.4) is 0 Å². The van der Waals surface area contributed by atoms with Gasteiger partial charge in [-0.3, -0.25) is 0 Å². The van der Waals surface area contributed by atoms with E-state index in [1.54, 1.807) is 0 Å². The molecule has 0 atom stereocenters. The third kappa shape index (κ3) is 8.84. The standard InChI is InChI=1S/ClH.HI.2Pd/h2*1H;;/q;;2*+2/p-2. The maximum absolute atomic E-state index is 0. The van der Waals surface area contributed by atoms with E-state index >= 15 is 0 Å². The summed E-state index contributed by atoms with van der Waals surface area (Å²) in [5.41, 5.74) is 0. The second-order valence-corrected chi connectivity index (χ2v) is 0. The van der Waals surface area contributed by atoms with E-state index in [0.717, 1.165) is 0 Å². The smallest absolute Gasteiger partial charge is 1.00 e. The van der Waals surface area contributed by atoms with Crippen molar-refractivity contribution in [2.45, 2.75) is 0 Å². The molecule has 0 aromatic heterocycles. The Morgan fingerprint density at radius 2 is 0.750 bits per heavy atom. The number of rotatable bonds is 0. The predicted molar refractivity (Wildman–Crippen MR) is 0 cm³/mol. The molecule has 0 N–H and O–H groups in total. The van der Waals surface area contributed by atoms with Gasteiger partial charge in [0.05, 0.1) is 0 Å². The Balaban J connectivity index is 0. The molecule has 32 valence electrons. The summed E-state index contributed by atoms with van der Waals surface area (Å²) in [6.07, 6.45) is 0. The third-order valence-corrected chi connectivity index (χ3v) is 0. The molecule has 0 nitrogen and oxygen atoms in total. The van der Waals surface area contributed by atoms with Crippen molar-refractivity contribution in [2.24, 2.45) is 0 Å². The average molecular weight is 375 g/mol. The molecule has 0 rings (SSSR count). The van der Waals surface area contributed by atoms with E-state index in [4.69, 9.17) is 0 Å². The van der Waals surface area contributed by atoms with Crippen molar-refractivity contribution in [3.05, 3.63) is 0 Å². The molecular formula is ClIPd2+2. The van der Waals surface area contributed by atoms with Gasteiger partial charge in [-0.1, -0.05) is 0 Å². The fraction of sp³-hybridized carbons (Fsp3) is 0. The van der Waals surface area contributed by atoms with Crippen molar-refractivity contribution >= 4 is 0 Å². The van der Waals surface area contributed by atoms with Gasteiger partial charge in [0, 0.05) is 0 Å². The summed E-state index contributed by atoms with van der Waals surface area (Å²) in [5.74, 6) is 0. The molecule has 0 saturated carbocycles. The minimum absolute atomic E-state index is 0. The summed E-state index contributed by atoms with van der Waals surface area (Å²) in [4.78, 5) is 0. The van der Waals surface area contributed by atoms with Crippen LogP contribution in [0.4, 0.5) is 0 Å². The quantitative estimate of drug-likeness (QED) is 0.292. The number of hydrogen-bond donors (Lipinski definition) is 0. The molecule has 0 aromatic carbocycles. The van der Waals surface area contributed by atoms with Gasteiger partial charge in [-0.05, 0) is 0 Å². The molecule has 0 fully saturated rings. The Morgan fingerprint density at radius 1 is 0.750 bits per heavy atom. The first-order valence-corrected chi connectivity index (χ1v) is 0. The fourth-order valence-corrected chi connectivity index (χ4v) is 0. The van der Waals surface area contributed by atoms with Crippen LogP contribution in [-0.2, 0) is 40.8 Å². The zero-order valence-electron chi connectivity index (χ0n) is 1.39. The number of hydrogen-bond acceptors (Lipinski definition) is 0. The molecule has 0 aliphatic rings. The first kappa shape index (κ1) is 33.0. The molecule has 0 unspecified atom stereocenters. The molecule has 0 aliphatic heterocycles. The van der Waals surface area contributed by atoms with Crippen LogP contribution in [0.5, 0.6) is 0 Å². The zero-order chi connectivity index (χ0) is 0. The maximum Gasteiger partial charge on any atom is 2.00 e. The Bertz CT molecular complexity index is 6.00. The van der Waals surface area contributed by atoms with Gasteiger partial charge < -0.3 is 36.4 Å². The van der Waals surface area contributed by atoms with Crippen LogP contribution in [-0.4, -0.2) is 0 Å². The van der Waals surface area contributed by atoms with Crippen LogP contribution in [0.15, 0.2) is 0 Å². The van der Waals surface area contributed by atoms with E-state index in [1.807, 2.05) is 0 Å². The molecule has 0 spiro atoms. The summed E-state index contributed by atoms with van der Waals surface area (Å²) in [7, 11) is 0. The molecule has 4 heavy (non-hydrogen) atoms. The van der Waals surface area contributed by atoms with Crippen molar-refractivity contribution in [2.75, 3.05) is 0 Å². The van der Waals surface area contributed by atoms with Crippen molar-refractivity contribution < 1.29 is 77.2 Å². The zero-order valence-corrected chi connectivity index (χ0v) is 7.41. The molecule has 0 heterocycles. The molecule has 0 aliphatic carbocycles. The molecule has 0 aromatic rings. The van der Waals surface area contributed by atoms with Crippen LogP contribution < -0.4 is 36.4 Å².